The van der Waals surface area contributed by atoms with Crippen molar-refractivity contribution in [3.63, 3.8) is 0 Å². The second kappa shape index (κ2) is 12.1. The first kappa shape index (κ1) is 24.4. The van der Waals surface area contributed by atoms with Crippen LogP contribution in [0.1, 0.15) is 12.5 Å². The van der Waals surface area contributed by atoms with Crippen LogP contribution in [0.2, 0.25) is 5.02 Å². The number of amides is 1. The maximum absolute atomic E-state index is 12.6. The second-order valence-corrected chi connectivity index (χ2v) is 7.19. The van der Waals surface area contributed by atoms with E-state index in [4.69, 9.17) is 16.3 Å². The fraction of sp³-hybridized carbons (Fsp3) is 0.450. The summed E-state index contributed by atoms with van der Waals surface area (Å²) in [6.45, 7) is 5.88. The predicted octanol–water partition coefficient (Wildman–Crippen LogP) is 2.52. The molecule has 0 bridgehead atoms. The van der Waals surface area contributed by atoms with Gasteiger partial charge in [0.2, 0.25) is 5.91 Å². The summed E-state index contributed by atoms with van der Waals surface area (Å²) >= 11 is 5.89. The third kappa shape index (κ3) is 6.85. The van der Waals surface area contributed by atoms with Gasteiger partial charge in [-0.05, 0) is 24.6 Å². The van der Waals surface area contributed by atoms with Crippen molar-refractivity contribution in [3.05, 3.63) is 47.2 Å². The van der Waals surface area contributed by atoms with Gasteiger partial charge < -0.3 is 19.9 Å². The van der Waals surface area contributed by atoms with Crippen LogP contribution in [0.15, 0.2) is 41.7 Å². The number of carbonyl (C=O) groups excluding carboxylic acids is 1. The number of rotatable bonds is 7. The van der Waals surface area contributed by atoms with Crippen LogP contribution in [0.4, 0.5) is 5.69 Å². The highest BCUT2D eigenvalue weighted by Crippen LogP contribution is 2.16. The van der Waals surface area contributed by atoms with Gasteiger partial charge in [-0.15, -0.1) is 24.0 Å². The Labute approximate surface area is 199 Å². The molecule has 1 aliphatic rings. The van der Waals surface area contributed by atoms with Crippen LogP contribution >= 0.6 is 35.6 Å². The van der Waals surface area contributed by atoms with Gasteiger partial charge in [-0.25, -0.2) is 0 Å². The molecule has 2 heterocycles. The van der Waals surface area contributed by atoms with Gasteiger partial charge in [0.05, 0.1) is 31.6 Å². The van der Waals surface area contributed by atoms with E-state index in [9.17, 15) is 4.79 Å². The lowest BCUT2D eigenvalue weighted by Gasteiger charge is -2.35. The average Bonchev–Trinajstić information content (AvgIpc) is 3.14. The Hall–Kier alpha value is -1.85. The Morgan fingerprint density at radius 3 is 2.70 bits per heavy atom. The van der Waals surface area contributed by atoms with Gasteiger partial charge in [-0.2, -0.15) is 5.10 Å². The van der Waals surface area contributed by atoms with Crippen LogP contribution in [0.25, 0.3) is 0 Å². The number of carbonyl (C=O) groups is 1. The molecule has 30 heavy (non-hydrogen) atoms. The number of aryl methyl sites for hydroxylation is 1. The molecule has 1 N–H and O–H groups in total. The molecule has 1 aromatic carbocycles. The molecule has 0 saturated carbocycles. The van der Waals surface area contributed by atoms with Crippen molar-refractivity contribution in [1.29, 1.82) is 0 Å². The fourth-order valence-corrected chi connectivity index (χ4v) is 3.21. The number of ether oxygens (including phenoxy) is 1. The third-order valence-corrected chi connectivity index (χ3v) is 4.79. The molecule has 1 saturated heterocycles. The molecular formula is C20H28ClIN6O2. The number of nitrogens with one attached hydrogen (secondary N) is 1. The number of aromatic nitrogens is 2. The summed E-state index contributed by atoms with van der Waals surface area (Å²) in [5.41, 5.74) is 1.90. The van der Waals surface area contributed by atoms with E-state index in [1.165, 1.54) is 0 Å². The van der Waals surface area contributed by atoms with E-state index >= 15 is 0 Å². The van der Waals surface area contributed by atoms with Crippen LogP contribution in [-0.4, -0.2) is 65.9 Å². The number of anilines is 1. The highest BCUT2D eigenvalue weighted by Gasteiger charge is 2.27. The second-order valence-electron chi connectivity index (χ2n) is 6.75. The molecule has 1 aliphatic heterocycles. The summed E-state index contributed by atoms with van der Waals surface area (Å²) in [5.74, 6) is 0.774. The summed E-state index contributed by atoms with van der Waals surface area (Å²) in [5, 5.41) is 8.13. The zero-order valence-corrected chi connectivity index (χ0v) is 20.3. The van der Waals surface area contributed by atoms with Gasteiger partial charge in [-0.1, -0.05) is 23.7 Å². The van der Waals surface area contributed by atoms with Crippen LogP contribution in [0.5, 0.6) is 0 Å². The van der Waals surface area contributed by atoms with E-state index in [0.717, 1.165) is 23.8 Å². The average molecular weight is 547 g/mol. The van der Waals surface area contributed by atoms with E-state index in [-0.39, 0.29) is 36.4 Å². The normalized spacial score (nSPS) is 14.6. The molecule has 2 aromatic rings. The SMILES string of the molecule is CCNC(=NCCOCc1ccc(Cl)cc1)N1CCN(c2cnn(C)c2)C(=O)C1.I. The minimum atomic E-state index is 0. The van der Waals surface area contributed by atoms with E-state index in [1.54, 1.807) is 15.8 Å². The van der Waals surface area contributed by atoms with E-state index in [1.807, 2.05) is 49.3 Å². The van der Waals surface area contributed by atoms with E-state index in [2.05, 4.69) is 15.4 Å². The van der Waals surface area contributed by atoms with Crippen molar-refractivity contribution in [1.82, 2.24) is 20.0 Å². The van der Waals surface area contributed by atoms with Crippen LogP contribution in [0.3, 0.4) is 0 Å². The van der Waals surface area contributed by atoms with Gasteiger partial charge >= 0.3 is 0 Å². The van der Waals surface area contributed by atoms with Crippen LogP contribution in [0, 0.1) is 0 Å². The minimum absolute atomic E-state index is 0. The molecule has 0 unspecified atom stereocenters. The van der Waals surface area contributed by atoms with Crippen molar-refractivity contribution in [3.8, 4) is 0 Å². The van der Waals surface area contributed by atoms with Gasteiger partial charge in [0, 0.05) is 37.9 Å². The summed E-state index contributed by atoms with van der Waals surface area (Å²) < 4.78 is 7.39. The zero-order valence-electron chi connectivity index (χ0n) is 17.3. The zero-order chi connectivity index (χ0) is 20.6. The maximum Gasteiger partial charge on any atom is 0.246 e. The van der Waals surface area contributed by atoms with Crippen molar-refractivity contribution in [2.24, 2.45) is 12.0 Å². The molecule has 0 aliphatic carbocycles. The highest BCUT2D eigenvalue weighted by molar-refractivity contribution is 14.0. The van der Waals surface area contributed by atoms with Gasteiger partial charge in [0.25, 0.3) is 0 Å². The number of hydrogen-bond acceptors (Lipinski definition) is 4. The number of aliphatic imine (C=N–C) groups is 1. The smallest absolute Gasteiger partial charge is 0.246 e. The predicted molar refractivity (Wildman–Crippen MR) is 130 cm³/mol. The quantitative estimate of drug-likeness (QED) is 0.250. The number of benzene rings is 1. The number of halogens is 2. The number of nitrogens with zero attached hydrogens (tertiary/aromatic N) is 5. The molecule has 1 amide bonds. The minimum Gasteiger partial charge on any atom is -0.375 e. The summed E-state index contributed by atoms with van der Waals surface area (Å²) in [7, 11) is 1.84. The number of piperazine rings is 1. The summed E-state index contributed by atoms with van der Waals surface area (Å²) in [6, 6.07) is 7.60. The summed E-state index contributed by atoms with van der Waals surface area (Å²) in [4.78, 5) is 21.0. The molecule has 0 spiro atoms. The van der Waals surface area contributed by atoms with Crippen molar-refractivity contribution in [2.45, 2.75) is 13.5 Å². The Balaban J connectivity index is 0.00000320. The molecule has 1 aromatic heterocycles. The van der Waals surface area contributed by atoms with Crippen LogP contribution < -0.4 is 10.2 Å². The number of guanidine groups is 1. The van der Waals surface area contributed by atoms with Gasteiger partial charge in [0.15, 0.2) is 5.96 Å². The maximum atomic E-state index is 12.6. The molecule has 0 atom stereocenters. The highest BCUT2D eigenvalue weighted by atomic mass is 127. The molecule has 8 nitrogen and oxygen atoms in total. The van der Waals surface area contributed by atoms with Crippen molar-refractivity contribution >= 4 is 53.1 Å². The van der Waals surface area contributed by atoms with E-state index < -0.39 is 0 Å². The molecule has 10 heteroatoms. The lowest BCUT2D eigenvalue weighted by molar-refractivity contribution is -0.120. The Kier molecular flexibility index (Phi) is 9.86. The number of hydrogen-bond donors (Lipinski definition) is 1. The lowest BCUT2D eigenvalue weighted by atomic mass is 10.2. The first-order valence-corrected chi connectivity index (χ1v) is 10.1. The molecular weight excluding hydrogens is 519 g/mol. The van der Waals surface area contributed by atoms with Crippen LogP contribution in [-0.2, 0) is 23.2 Å². The van der Waals surface area contributed by atoms with Crippen molar-refractivity contribution in [2.75, 3.05) is 44.2 Å². The van der Waals surface area contributed by atoms with Crippen molar-refractivity contribution < 1.29 is 9.53 Å². The molecule has 3 rings (SSSR count). The Bertz CT molecular complexity index is 842. The first-order chi connectivity index (χ1) is 14.1. The van der Waals surface area contributed by atoms with Gasteiger partial charge in [-0.3, -0.25) is 14.5 Å². The first-order valence-electron chi connectivity index (χ1n) is 9.71. The standard InChI is InChI=1S/C20H27ClN6O2.HI/c1-3-22-20(23-8-11-29-15-16-4-6-17(21)7-5-16)26-9-10-27(19(28)14-26)18-12-24-25(2)13-18;/h4-7,12-13H,3,8-11,14-15H2,1-2H3,(H,22,23);1H. The molecule has 164 valence electrons. The summed E-state index contributed by atoms with van der Waals surface area (Å²) in [6.07, 6.45) is 3.57. The van der Waals surface area contributed by atoms with Gasteiger partial charge in [0.1, 0.15) is 6.54 Å². The van der Waals surface area contributed by atoms with E-state index in [0.29, 0.717) is 37.9 Å². The fourth-order valence-electron chi connectivity index (χ4n) is 3.09. The topological polar surface area (TPSA) is 75.0 Å². The largest absolute Gasteiger partial charge is 0.375 e. The Morgan fingerprint density at radius 1 is 1.30 bits per heavy atom. The monoisotopic (exact) mass is 546 g/mol. The molecule has 1 fully saturated rings. The third-order valence-electron chi connectivity index (χ3n) is 4.54. The Morgan fingerprint density at radius 2 is 2.07 bits per heavy atom. The molecule has 0 radical (unpaired) electrons. The lowest BCUT2D eigenvalue weighted by Crippen LogP contribution is -2.55.